The molecule has 1 unspecified atom stereocenters. The van der Waals surface area contributed by atoms with Crippen LogP contribution in [0, 0.1) is 5.92 Å². The van der Waals surface area contributed by atoms with Crippen molar-refractivity contribution in [1.29, 1.82) is 0 Å². The predicted molar refractivity (Wildman–Crippen MR) is 97.8 cm³/mol. The lowest BCUT2D eigenvalue weighted by atomic mass is 10.1. The molecule has 1 amide bonds. The van der Waals surface area contributed by atoms with Gasteiger partial charge in [-0.3, -0.25) is 14.2 Å². The molecule has 25 heavy (non-hydrogen) atoms. The molecule has 8 heteroatoms. The molecule has 6 nitrogen and oxygen atoms in total. The van der Waals surface area contributed by atoms with Gasteiger partial charge in [0.1, 0.15) is 0 Å². The largest absolute Gasteiger partial charge is 0.323 e. The maximum Gasteiger partial charge on any atom is 0.229 e. The average molecular weight is 378 g/mol. The van der Waals surface area contributed by atoms with Gasteiger partial charge < -0.3 is 5.32 Å². The van der Waals surface area contributed by atoms with Crippen molar-refractivity contribution in [2.24, 2.45) is 5.92 Å². The van der Waals surface area contributed by atoms with Gasteiger partial charge in [-0.05, 0) is 17.7 Å². The number of hydrogen-bond donors (Lipinski definition) is 1. The van der Waals surface area contributed by atoms with E-state index < -0.39 is 0 Å². The number of rotatable bonds is 6. The number of carbonyl (C=O) groups excluding carboxylic acids is 1. The molecule has 0 saturated carbocycles. The molecule has 1 atom stereocenters. The van der Waals surface area contributed by atoms with Crippen LogP contribution in [0.4, 0.5) is 5.69 Å². The summed E-state index contributed by atoms with van der Waals surface area (Å²) >= 11 is 11.7. The normalized spacial score (nSPS) is 12.1. The predicted octanol–water partition coefficient (Wildman–Crippen LogP) is 3.71. The first-order valence-electron chi connectivity index (χ1n) is 7.75. The molecular weight excluding hydrogens is 361 g/mol. The van der Waals surface area contributed by atoms with Gasteiger partial charge in [0.05, 0.1) is 42.1 Å². The summed E-state index contributed by atoms with van der Waals surface area (Å²) in [4.78, 5) is 12.3. The van der Waals surface area contributed by atoms with E-state index in [1.807, 2.05) is 31.2 Å². The van der Waals surface area contributed by atoms with E-state index in [2.05, 4.69) is 15.5 Å². The number of amides is 1. The zero-order valence-corrected chi connectivity index (χ0v) is 15.1. The minimum atomic E-state index is -0.254. The van der Waals surface area contributed by atoms with E-state index in [9.17, 15) is 4.79 Å². The molecule has 1 aromatic carbocycles. The second-order valence-electron chi connectivity index (χ2n) is 5.82. The minimum Gasteiger partial charge on any atom is -0.323 e. The third-order valence-corrected chi connectivity index (χ3v) is 4.12. The van der Waals surface area contributed by atoms with Crippen LogP contribution in [-0.2, 0) is 17.9 Å². The summed E-state index contributed by atoms with van der Waals surface area (Å²) in [5, 5.41) is 12.5. The summed E-state index contributed by atoms with van der Waals surface area (Å²) in [6, 6.07) is 7.57. The molecule has 1 N–H and O–H groups in total. The third kappa shape index (κ3) is 4.84. The van der Waals surface area contributed by atoms with Gasteiger partial charge in [-0.15, -0.1) is 0 Å². The zero-order chi connectivity index (χ0) is 17.8. The molecule has 0 spiro atoms. The van der Waals surface area contributed by atoms with Gasteiger partial charge in [-0.25, -0.2) is 0 Å². The summed E-state index contributed by atoms with van der Waals surface area (Å²) in [6.45, 7) is 2.90. The number of aromatic nitrogens is 4. The maximum absolute atomic E-state index is 12.3. The number of nitrogens with zero attached hydrogens (tertiary/aromatic N) is 4. The van der Waals surface area contributed by atoms with Crippen LogP contribution in [0.1, 0.15) is 12.5 Å². The molecule has 0 fully saturated rings. The molecule has 0 bridgehead atoms. The lowest BCUT2D eigenvalue weighted by Crippen LogP contribution is -2.24. The van der Waals surface area contributed by atoms with Crippen molar-refractivity contribution in [3.63, 3.8) is 0 Å². The first-order chi connectivity index (χ1) is 12.0. The monoisotopic (exact) mass is 377 g/mol. The van der Waals surface area contributed by atoms with Crippen LogP contribution < -0.4 is 5.32 Å². The standard InChI is InChI=1S/C17H17Cl2N5O/c1-12(8-23-10-15(19)6-20-23)17(25)22-16-7-21-24(11-16)9-13-2-4-14(18)5-3-13/h2-7,10-12H,8-9H2,1H3,(H,22,25). The molecule has 130 valence electrons. The van der Waals surface area contributed by atoms with Crippen LogP contribution in [0.3, 0.4) is 0 Å². The fourth-order valence-electron chi connectivity index (χ4n) is 2.36. The first-order valence-corrected chi connectivity index (χ1v) is 8.51. The maximum atomic E-state index is 12.3. The Morgan fingerprint density at radius 3 is 2.48 bits per heavy atom. The van der Waals surface area contributed by atoms with Crippen molar-refractivity contribution in [1.82, 2.24) is 19.6 Å². The van der Waals surface area contributed by atoms with Gasteiger partial charge >= 0.3 is 0 Å². The fourth-order valence-corrected chi connectivity index (χ4v) is 2.64. The summed E-state index contributed by atoms with van der Waals surface area (Å²) < 4.78 is 3.41. The molecule has 0 saturated heterocycles. The smallest absolute Gasteiger partial charge is 0.229 e. The highest BCUT2D eigenvalue weighted by atomic mass is 35.5. The lowest BCUT2D eigenvalue weighted by Gasteiger charge is -2.11. The molecule has 3 rings (SSSR count). The van der Waals surface area contributed by atoms with E-state index in [1.54, 1.807) is 34.2 Å². The minimum absolute atomic E-state index is 0.0994. The number of halogens is 2. The Labute approximate surface area is 155 Å². The van der Waals surface area contributed by atoms with Crippen LogP contribution in [0.2, 0.25) is 10.0 Å². The quantitative estimate of drug-likeness (QED) is 0.711. The van der Waals surface area contributed by atoms with E-state index in [0.29, 0.717) is 28.8 Å². The van der Waals surface area contributed by atoms with Gasteiger partial charge in [0.2, 0.25) is 5.91 Å². The summed E-state index contributed by atoms with van der Waals surface area (Å²) in [6.07, 6.45) is 6.66. The Morgan fingerprint density at radius 1 is 1.08 bits per heavy atom. The van der Waals surface area contributed by atoms with E-state index in [4.69, 9.17) is 23.2 Å². The number of carbonyl (C=O) groups is 1. The Kier molecular flexibility index (Phi) is 5.40. The second-order valence-corrected chi connectivity index (χ2v) is 6.70. The zero-order valence-electron chi connectivity index (χ0n) is 13.6. The highest BCUT2D eigenvalue weighted by molar-refractivity contribution is 6.30. The number of nitrogens with one attached hydrogen (secondary N) is 1. The van der Waals surface area contributed by atoms with Crippen LogP contribution >= 0.6 is 23.2 Å². The Bertz CT molecular complexity index is 856. The molecular formula is C17H17Cl2N5O. The molecule has 0 radical (unpaired) electrons. The molecule has 2 aromatic heterocycles. The highest BCUT2D eigenvalue weighted by Gasteiger charge is 2.15. The number of hydrogen-bond acceptors (Lipinski definition) is 3. The topological polar surface area (TPSA) is 64.7 Å². The lowest BCUT2D eigenvalue weighted by molar-refractivity contribution is -0.119. The fraction of sp³-hybridized carbons (Fsp3) is 0.235. The highest BCUT2D eigenvalue weighted by Crippen LogP contribution is 2.13. The number of anilines is 1. The van der Waals surface area contributed by atoms with E-state index in [0.717, 1.165) is 5.56 Å². The van der Waals surface area contributed by atoms with E-state index in [-0.39, 0.29) is 11.8 Å². The van der Waals surface area contributed by atoms with Crippen LogP contribution in [0.5, 0.6) is 0 Å². The number of benzene rings is 1. The van der Waals surface area contributed by atoms with Crippen molar-refractivity contribution >= 4 is 34.8 Å². The second kappa shape index (κ2) is 7.72. The molecule has 0 aliphatic heterocycles. The average Bonchev–Trinajstić information content (AvgIpc) is 3.18. The van der Waals surface area contributed by atoms with Gasteiger partial charge in [0.15, 0.2) is 0 Å². The van der Waals surface area contributed by atoms with Gasteiger partial charge in [-0.1, -0.05) is 42.3 Å². The van der Waals surface area contributed by atoms with Crippen molar-refractivity contribution < 1.29 is 4.79 Å². The van der Waals surface area contributed by atoms with Gasteiger partial charge in [-0.2, -0.15) is 10.2 Å². The van der Waals surface area contributed by atoms with Crippen molar-refractivity contribution in [3.8, 4) is 0 Å². The Balaban J connectivity index is 1.56. The molecule has 0 aliphatic rings. The SMILES string of the molecule is CC(Cn1cc(Cl)cn1)C(=O)Nc1cnn(Cc2ccc(Cl)cc2)c1. The van der Waals surface area contributed by atoms with E-state index >= 15 is 0 Å². The van der Waals surface area contributed by atoms with Crippen molar-refractivity contribution in [3.05, 3.63) is 64.7 Å². The van der Waals surface area contributed by atoms with Gasteiger partial charge in [0.25, 0.3) is 0 Å². The van der Waals surface area contributed by atoms with Crippen LogP contribution in [0.25, 0.3) is 0 Å². The third-order valence-electron chi connectivity index (χ3n) is 3.67. The summed E-state index contributed by atoms with van der Waals surface area (Å²) in [7, 11) is 0. The molecule has 0 aliphatic carbocycles. The van der Waals surface area contributed by atoms with Crippen LogP contribution in [-0.4, -0.2) is 25.5 Å². The van der Waals surface area contributed by atoms with Crippen molar-refractivity contribution in [2.45, 2.75) is 20.0 Å². The molecule has 2 heterocycles. The van der Waals surface area contributed by atoms with Crippen LogP contribution in [0.15, 0.2) is 49.1 Å². The summed E-state index contributed by atoms with van der Waals surface area (Å²) in [5.41, 5.74) is 1.73. The van der Waals surface area contributed by atoms with Gasteiger partial charge in [0, 0.05) is 17.4 Å². The Hall–Kier alpha value is -2.31. The van der Waals surface area contributed by atoms with E-state index in [1.165, 1.54) is 0 Å². The molecule has 3 aromatic rings. The summed E-state index contributed by atoms with van der Waals surface area (Å²) in [5.74, 6) is -0.353. The van der Waals surface area contributed by atoms with Crippen molar-refractivity contribution in [2.75, 3.05) is 5.32 Å². The first kappa shape index (κ1) is 17.5. The Morgan fingerprint density at radius 2 is 1.80 bits per heavy atom.